The van der Waals surface area contributed by atoms with Crippen molar-refractivity contribution in [3.8, 4) is 0 Å². The molecule has 2 aromatic rings. The number of nitrogens with one attached hydrogen (secondary N) is 2. The Bertz CT molecular complexity index is 917. The van der Waals surface area contributed by atoms with Crippen molar-refractivity contribution in [2.75, 3.05) is 5.32 Å². The average Bonchev–Trinajstić information content (AvgIpc) is 2.55. The van der Waals surface area contributed by atoms with Gasteiger partial charge in [0, 0.05) is 6.07 Å². The fourth-order valence-electron chi connectivity index (χ4n) is 2.19. The van der Waals surface area contributed by atoms with Crippen molar-refractivity contribution in [2.24, 2.45) is 5.92 Å². The van der Waals surface area contributed by atoms with E-state index in [0.29, 0.717) is 6.07 Å². The standard InChI is InChI=1S/C17H17F3N2O3S/c1-10(2)16(17(23)21-14-8-7-11(18)9-13(14)20)22-26(24,25)15-6-4-3-5-12(15)19/h3-10,16,22H,1-2H3,(H,21,23). The van der Waals surface area contributed by atoms with Gasteiger partial charge < -0.3 is 5.32 Å². The molecule has 0 heterocycles. The molecule has 0 spiro atoms. The van der Waals surface area contributed by atoms with E-state index in [1.54, 1.807) is 13.8 Å². The Labute approximate surface area is 149 Å². The number of amides is 1. The van der Waals surface area contributed by atoms with E-state index in [9.17, 15) is 26.4 Å². The van der Waals surface area contributed by atoms with Crippen LogP contribution in [0.5, 0.6) is 0 Å². The third-order valence-electron chi connectivity index (χ3n) is 3.55. The van der Waals surface area contributed by atoms with Gasteiger partial charge in [-0.1, -0.05) is 26.0 Å². The Morgan fingerprint density at radius 3 is 2.23 bits per heavy atom. The van der Waals surface area contributed by atoms with Gasteiger partial charge in [0.15, 0.2) is 0 Å². The van der Waals surface area contributed by atoms with Gasteiger partial charge >= 0.3 is 0 Å². The van der Waals surface area contributed by atoms with E-state index in [1.807, 2.05) is 0 Å². The summed E-state index contributed by atoms with van der Waals surface area (Å²) in [5, 5.41) is 2.21. The summed E-state index contributed by atoms with van der Waals surface area (Å²) in [6.07, 6.45) is 0. The Kier molecular flexibility index (Phi) is 6.04. The van der Waals surface area contributed by atoms with Crippen molar-refractivity contribution in [3.63, 3.8) is 0 Å². The number of benzene rings is 2. The van der Waals surface area contributed by atoms with Gasteiger partial charge in [0.1, 0.15) is 28.4 Å². The molecule has 1 unspecified atom stereocenters. The summed E-state index contributed by atoms with van der Waals surface area (Å²) >= 11 is 0. The van der Waals surface area contributed by atoms with Gasteiger partial charge in [-0.25, -0.2) is 21.6 Å². The first-order valence-corrected chi connectivity index (χ1v) is 9.13. The van der Waals surface area contributed by atoms with Crippen LogP contribution >= 0.6 is 0 Å². The lowest BCUT2D eigenvalue weighted by molar-refractivity contribution is -0.118. The number of halogens is 3. The second-order valence-corrected chi connectivity index (χ2v) is 7.57. The van der Waals surface area contributed by atoms with Gasteiger partial charge in [0.05, 0.1) is 5.69 Å². The molecule has 0 saturated carbocycles. The van der Waals surface area contributed by atoms with Crippen molar-refractivity contribution >= 4 is 21.6 Å². The van der Waals surface area contributed by atoms with Crippen molar-refractivity contribution < 1.29 is 26.4 Å². The Morgan fingerprint density at radius 2 is 1.65 bits per heavy atom. The molecule has 5 nitrogen and oxygen atoms in total. The second kappa shape index (κ2) is 7.88. The van der Waals surface area contributed by atoms with E-state index in [2.05, 4.69) is 10.0 Å². The van der Waals surface area contributed by atoms with Crippen molar-refractivity contribution in [3.05, 3.63) is 59.9 Å². The molecule has 1 atom stereocenters. The highest BCUT2D eigenvalue weighted by Crippen LogP contribution is 2.18. The molecule has 0 fully saturated rings. The van der Waals surface area contributed by atoms with E-state index >= 15 is 0 Å². The molecule has 0 bridgehead atoms. The van der Waals surface area contributed by atoms with Crippen LogP contribution in [-0.4, -0.2) is 20.4 Å². The van der Waals surface area contributed by atoms with E-state index in [-0.39, 0.29) is 5.69 Å². The molecule has 0 radical (unpaired) electrons. The van der Waals surface area contributed by atoms with Gasteiger partial charge in [0.25, 0.3) is 0 Å². The highest BCUT2D eigenvalue weighted by atomic mass is 32.2. The molecular formula is C17H17F3N2O3S. The summed E-state index contributed by atoms with van der Waals surface area (Å²) in [6, 6.07) is 5.97. The normalized spacial score (nSPS) is 12.8. The van der Waals surface area contributed by atoms with Gasteiger partial charge in [-0.3, -0.25) is 4.79 Å². The van der Waals surface area contributed by atoms with Crippen molar-refractivity contribution in [1.82, 2.24) is 4.72 Å². The quantitative estimate of drug-likeness (QED) is 0.801. The zero-order chi connectivity index (χ0) is 19.5. The molecule has 2 N–H and O–H groups in total. The van der Waals surface area contributed by atoms with Crippen LogP contribution in [0, 0.1) is 23.4 Å². The summed E-state index contributed by atoms with van der Waals surface area (Å²) in [5.74, 6) is -4.17. The third kappa shape index (κ3) is 4.61. The molecule has 0 saturated heterocycles. The molecule has 9 heteroatoms. The van der Waals surface area contributed by atoms with E-state index in [4.69, 9.17) is 0 Å². The lowest BCUT2D eigenvalue weighted by atomic mass is 10.0. The first-order valence-electron chi connectivity index (χ1n) is 7.64. The summed E-state index contributed by atoms with van der Waals surface area (Å²) < 4.78 is 67.3. The van der Waals surface area contributed by atoms with Crippen LogP contribution in [0.4, 0.5) is 18.9 Å². The number of carbonyl (C=O) groups excluding carboxylic acids is 1. The fraction of sp³-hybridized carbons (Fsp3) is 0.235. The molecule has 0 aliphatic rings. The van der Waals surface area contributed by atoms with Crippen LogP contribution in [0.2, 0.25) is 0 Å². The predicted octanol–water partition coefficient (Wildman–Crippen LogP) is 3.05. The predicted molar refractivity (Wildman–Crippen MR) is 90.3 cm³/mol. The van der Waals surface area contributed by atoms with Crippen LogP contribution < -0.4 is 10.0 Å². The van der Waals surface area contributed by atoms with Gasteiger partial charge in [-0.15, -0.1) is 0 Å². The number of sulfonamides is 1. The molecule has 140 valence electrons. The molecule has 0 aliphatic carbocycles. The van der Waals surface area contributed by atoms with E-state index < -0.39 is 50.2 Å². The number of anilines is 1. The number of rotatable bonds is 6. The Balaban J connectivity index is 2.25. The molecule has 0 aromatic heterocycles. The molecular weight excluding hydrogens is 369 g/mol. The maximum absolute atomic E-state index is 13.8. The minimum absolute atomic E-state index is 0.299. The zero-order valence-corrected chi connectivity index (χ0v) is 14.8. The summed E-state index contributed by atoms with van der Waals surface area (Å²) in [4.78, 5) is 11.8. The molecule has 0 aliphatic heterocycles. The SMILES string of the molecule is CC(C)C(NS(=O)(=O)c1ccccc1F)C(=O)Nc1ccc(F)cc1F. The van der Waals surface area contributed by atoms with Gasteiger partial charge in [0.2, 0.25) is 15.9 Å². The first-order chi connectivity index (χ1) is 12.1. The minimum atomic E-state index is -4.33. The molecule has 2 aromatic carbocycles. The fourth-order valence-corrected chi connectivity index (χ4v) is 3.61. The van der Waals surface area contributed by atoms with Crippen molar-refractivity contribution in [1.29, 1.82) is 0 Å². The number of carbonyl (C=O) groups is 1. The average molecular weight is 386 g/mol. The van der Waals surface area contributed by atoms with Gasteiger partial charge in [-0.05, 0) is 30.2 Å². The summed E-state index contributed by atoms with van der Waals surface area (Å²) in [7, 11) is -4.33. The first kappa shape index (κ1) is 19.9. The lowest BCUT2D eigenvalue weighted by Gasteiger charge is -2.22. The maximum Gasteiger partial charge on any atom is 0.244 e. The van der Waals surface area contributed by atoms with Crippen molar-refractivity contribution in [2.45, 2.75) is 24.8 Å². The van der Waals surface area contributed by atoms with Crippen LogP contribution in [0.3, 0.4) is 0 Å². The van der Waals surface area contributed by atoms with Crippen LogP contribution in [-0.2, 0) is 14.8 Å². The molecule has 26 heavy (non-hydrogen) atoms. The van der Waals surface area contributed by atoms with Crippen LogP contribution in [0.1, 0.15) is 13.8 Å². The summed E-state index contributed by atoms with van der Waals surface area (Å²) in [5.41, 5.74) is -0.299. The largest absolute Gasteiger partial charge is 0.322 e. The van der Waals surface area contributed by atoms with E-state index in [1.165, 1.54) is 12.1 Å². The van der Waals surface area contributed by atoms with Crippen LogP contribution in [0.15, 0.2) is 47.4 Å². The maximum atomic E-state index is 13.8. The Morgan fingerprint density at radius 1 is 1.00 bits per heavy atom. The highest BCUT2D eigenvalue weighted by Gasteiger charge is 2.30. The number of hydrogen-bond donors (Lipinski definition) is 2. The second-order valence-electron chi connectivity index (χ2n) is 5.89. The minimum Gasteiger partial charge on any atom is -0.322 e. The highest BCUT2D eigenvalue weighted by molar-refractivity contribution is 7.89. The topological polar surface area (TPSA) is 75.3 Å². The third-order valence-corrected chi connectivity index (χ3v) is 5.02. The van der Waals surface area contributed by atoms with Gasteiger partial charge in [-0.2, -0.15) is 4.72 Å². The lowest BCUT2D eigenvalue weighted by Crippen LogP contribution is -2.47. The Hall–Kier alpha value is -2.39. The monoisotopic (exact) mass is 386 g/mol. The summed E-state index contributed by atoms with van der Waals surface area (Å²) in [6.45, 7) is 3.13. The number of hydrogen-bond acceptors (Lipinski definition) is 3. The van der Waals surface area contributed by atoms with E-state index in [0.717, 1.165) is 24.3 Å². The zero-order valence-electron chi connectivity index (χ0n) is 14.0. The smallest absolute Gasteiger partial charge is 0.244 e. The van der Waals surface area contributed by atoms with Crippen LogP contribution in [0.25, 0.3) is 0 Å². The molecule has 2 rings (SSSR count). The molecule has 1 amide bonds.